The van der Waals surface area contributed by atoms with E-state index in [2.05, 4.69) is 67.3 Å². The summed E-state index contributed by atoms with van der Waals surface area (Å²) in [5.41, 5.74) is 3.81. The second-order valence-corrected chi connectivity index (χ2v) is 10.4. The summed E-state index contributed by atoms with van der Waals surface area (Å²) in [7, 11) is 4.90. The Labute approximate surface area is 228 Å². The Morgan fingerprint density at radius 3 is 2.26 bits per heavy atom. The van der Waals surface area contributed by atoms with Crippen LogP contribution < -0.4 is 19.1 Å². The van der Waals surface area contributed by atoms with Crippen LogP contribution in [0.2, 0.25) is 0 Å². The molecule has 0 radical (unpaired) electrons. The Hall–Kier alpha value is -3.43. The molecule has 0 saturated carbocycles. The van der Waals surface area contributed by atoms with Crippen LogP contribution in [0.5, 0.6) is 17.5 Å². The molecule has 0 aliphatic carbocycles. The monoisotopic (exact) mass is 533 g/mol. The summed E-state index contributed by atoms with van der Waals surface area (Å²) in [6.07, 6.45) is 5.63. The lowest BCUT2D eigenvalue weighted by atomic mass is 10.1. The maximum absolute atomic E-state index is 5.40. The molecule has 3 heterocycles. The number of unbranched alkanes of at least 4 members (excludes halogenated alkanes) is 1. The van der Waals surface area contributed by atoms with Crippen molar-refractivity contribution in [3.8, 4) is 17.5 Å². The maximum atomic E-state index is 5.40. The lowest BCUT2D eigenvalue weighted by molar-refractivity contribution is 0.253. The van der Waals surface area contributed by atoms with Crippen molar-refractivity contribution in [3.05, 3.63) is 60.3 Å². The largest absolute Gasteiger partial charge is 0.497 e. The van der Waals surface area contributed by atoms with Crippen LogP contribution >= 0.6 is 11.8 Å². The van der Waals surface area contributed by atoms with E-state index in [9.17, 15) is 0 Å². The number of anilines is 1. The van der Waals surface area contributed by atoms with E-state index in [0.717, 1.165) is 49.8 Å². The number of nitrogens with one attached hydrogen (secondary N) is 1. The van der Waals surface area contributed by atoms with Gasteiger partial charge in [-0.1, -0.05) is 0 Å². The molecule has 5 rings (SSSR count). The van der Waals surface area contributed by atoms with Crippen molar-refractivity contribution in [2.45, 2.75) is 29.3 Å². The summed E-state index contributed by atoms with van der Waals surface area (Å²) < 4.78 is 15.9. The first-order valence-corrected chi connectivity index (χ1v) is 13.8. The number of ether oxygens (including phenoxy) is 3. The van der Waals surface area contributed by atoms with Crippen molar-refractivity contribution in [2.24, 2.45) is 0 Å². The molecular formula is C29H35N5O3S. The number of aromatic nitrogens is 3. The number of piperazine rings is 1. The van der Waals surface area contributed by atoms with Crippen LogP contribution in [0.1, 0.15) is 18.4 Å². The number of aryl methyl sites for hydroxylation is 1. The van der Waals surface area contributed by atoms with Crippen molar-refractivity contribution < 1.29 is 14.2 Å². The number of benzene rings is 2. The van der Waals surface area contributed by atoms with Gasteiger partial charge < -0.3 is 24.1 Å². The molecule has 8 nitrogen and oxygen atoms in total. The first kappa shape index (κ1) is 26.2. The fourth-order valence-corrected chi connectivity index (χ4v) is 5.59. The molecule has 0 bridgehead atoms. The molecule has 0 unspecified atom stereocenters. The molecule has 1 N–H and O–H groups in total. The van der Waals surface area contributed by atoms with Gasteiger partial charge in [-0.05, 0) is 85.6 Å². The smallest absolute Gasteiger partial charge is 0.220 e. The number of H-pyrrole nitrogens is 1. The summed E-state index contributed by atoms with van der Waals surface area (Å²) in [6, 6.07) is 16.5. The summed E-state index contributed by atoms with van der Waals surface area (Å²) in [4.78, 5) is 18.3. The zero-order chi connectivity index (χ0) is 26.3. The van der Waals surface area contributed by atoms with Crippen molar-refractivity contribution in [1.82, 2.24) is 19.9 Å². The van der Waals surface area contributed by atoms with E-state index in [1.54, 1.807) is 27.4 Å². The van der Waals surface area contributed by atoms with E-state index in [4.69, 9.17) is 14.2 Å². The molecule has 1 aliphatic heterocycles. The van der Waals surface area contributed by atoms with Gasteiger partial charge in [-0.25, -0.2) is 0 Å². The topological polar surface area (TPSA) is 75.7 Å². The Morgan fingerprint density at radius 2 is 1.58 bits per heavy atom. The zero-order valence-corrected chi connectivity index (χ0v) is 23.1. The molecule has 9 heteroatoms. The number of nitrogens with zero attached hydrogens (tertiary/aromatic N) is 4. The molecule has 0 spiro atoms. The van der Waals surface area contributed by atoms with Crippen molar-refractivity contribution in [1.29, 1.82) is 0 Å². The third kappa shape index (κ3) is 6.34. The molecule has 200 valence electrons. The van der Waals surface area contributed by atoms with Gasteiger partial charge in [0.25, 0.3) is 0 Å². The summed E-state index contributed by atoms with van der Waals surface area (Å²) in [5, 5.41) is 1.88. The quantitative estimate of drug-likeness (QED) is 0.206. The number of fused-ring (bicyclic) bond motifs is 1. The highest BCUT2D eigenvalue weighted by atomic mass is 32.2. The molecule has 0 amide bonds. The predicted molar refractivity (Wildman–Crippen MR) is 152 cm³/mol. The lowest BCUT2D eigenvalue weighted by Crippen LogP contribution is -2.46. The third-order valence-corrected chi connectivity index (χ3v) is 7.88. The Bertz CT molecular complexity index is 1310. The minimum absolute atomic E-state index is 0.493. The number of rotatable bonds is 11. The SMILES string of the molecule is COc1ccc2[nH]cc(CCCCN3CCN(c4ccc(Sc5nc(OC)cc(OC)n5)cc4)CC3)c2c1. The van der Waals surface area contributed by atoms with E-state index in [0.29, 0.717) is 16.9 Å². The van der Waals surface area contributed by atoms with Gasteiger partial charge in [-0.2, -0.15) is 9.97 Å². The average molecular weight is 534 g/mol. The van der Waals surface area contributed by atoms with Gasteiger partial charge in [-0.15, -0.1) is 0 Å². The summed E-state index contributed by atoms with van der Waals surface area (Å²) in [6.45, 7) is 5.44. The van der Waals surface area contributed by atoms with Gasteiger partial charge in [0.15, 0.2) is 5.16 Å². The number of hydrogen-bond donors (Lipinski definition) is 1. The van der Waals surface area contributed by atoms with E-state index in [-0.39, 0.29) is 0 Å². The molecular weight excluding hydrogens is 498 g/mol. The Kier molecular flexibility index (Phi) is 8.55. The highest BCUT2D eigenvalue weighted by molar-refractivity contribution is 7.99. The third-order valence-electron chi connectivity index (χ3n) is 7.01. The minimum atomic E-state index is 0.493. The molecule has 2 aromatic heterocycles. The Balaban J connectivity index is 1.06. The van der Waals surface area contributed by atoms with Gasteiger partial charge in [0, 0.05) is 53.9 Å². The van der Waals surface area contributed by atoms with Crippen LogP contribution in [0.25, 0.3) is 10.9 Å². The highest BCUT2D eigenvalue weighted by Gasteiger charge is 2.17. The Morgan fingerprint density at radius 1 is 0.842 bits per heavy atom. The standard InChI is InChI=1S/C29H35N5O3S/c1-35-23-9-12-26-25(18-23)21(20-30-26)6-4-5-13-33-14-16-34(17-15-33)22-7-10-24(11-8-22)38-29-31-27(36-2)19-28(32-29)37-3/h7-12,18-20,30H,4-6,13-17H2,1-3H3. The number of hydrogen-bond acceptors (Lipinski definition) is 8. The second-order valence-electron chi connectivity index (χ2n) is 9.34. The molecule has 1 saturated heterocycles. The van der Waals surface area contributed by atoms with Crippen molar-refractivity contribution in [3.63, 3.8) is 0 Å². The molecule has 2 aromatic carbocycles. The van der Waals surface area contributed by atoms with E-state index in [1.807, 2.05) is 6.07 Å². The fourth-order valence-electron chi connectivity index (χ4n) is 4.84. The summed E-state index contributed by atoms with van der Waals surface area (Å²) >= 11 is 1.50. The van der Waals surface area contributed by atoms with Gasteiger partial charge >= 0.3 is 0 Å². The van der Waals surface area contributed by atoms with Crippen molar-refractivity contribution >= 4 is 28.4 Å². The summed E-state index contributed by atoms with van der Waals surface area (Å²) in [5.74, 6) is 1.90. The van der Waals surface area contributed by atoms with Crippen LogP contribution in [0, 0.1) is 0 Å². The molecule has 1 aliphatic rings. The molecule has 1 fully saturated rings. The van der Waals surface area contributed by atoms with E-state index < -0.39 is 0 Å². The van der Waals surface area contributed by atoms with Crippen LogP contribution in [-0.2, 0) is 6.42 Å². The lowest BCUT2D eigenvalue weighted by Gasteiger charge is -2.36. The zero-order valence-electron chi connectivity index (χ0n) is 22.3. The van der Waals surface area contributed by atoms with Gasteiger partial charge in [0.1, 0.15) is 5.75 Å². The van der Waals surface area contributed by atoms with Crippen LogP contribution in [0.4, 0.5) is 5.69 Å². The second kappa shape index (κ2) is 12.4. The van der Waals surface area contributed by atoms with Gasteiger partial charge in [0.05, 0.1) is 27.4 Å². The van der Waals surface area contributed by atoms with E-state index >= 15 is 0 Å². The first-order chi connectivity index (χ1) is 18.6. The van der Waals surface area contributed by atoms with Crippen molar-refractivity contribution in [2.75, 3.05) is 59.0 Å². The predicted octanol–water partition coefficient (Wildman–Crippen LogP) is 5.28. The number of methoxy groups -OCH3 is 3. The number of aromatic amines is 1. The fraction of sp³-hybridized carbons (Fsp3) is 0.379. The van der Waals surface area contributed by atoms with Gasteiger partial charge in [-0.3, -0.25) is 4.90 Å². The normalized spacial score (nSPS) is 14.1. The molecule has 0 atom stereocenters. The minimum Gasteiger partial charge on any atom is -0.497 e. The molecule has 38 heavy (non-hydrogen) atoms. The van der Waals surface area contributed by atoms with Crippen LogP contribution in [0.15, 0.2) is 64.8 Å². The molecule has 4 aromatic rings. The average Bonchev–Trinajstić information content (AvgIpc) is 3.37. The first-order valence-electron chi connectivity index (χ1n) is 13.0. The van der Waals surface area contributed by atoms with Crippen LogP contribution in [-0.4, -0.2) is 73.9 Å². The van der Waals surface area contributed by atoms with Gasteiger partial charge in [0.2, 0.25) is 11.8 Å². The maximum Gasteiger partial charge on any atom is 0.220 e. The van der Waals surface area contributed by atoms with E-state index in [1.165, 1.54) is 46.8 Å². The van der Waals surface area contributed by atoms with Crippen LogP contribution in [0.3, 0.4) is 0 Å². The highest BCUT2D eigenvalue weighted by Crippen LogP contribution is 2.30.